The van der Waals surface area contributed by atoms with Gasteiger partial charge in [0.2, 0.25) is 0 Å². The van der Waals surface area contributed by atoms with Crippen LogP contribution >= 0.6 is 11.6 Å². The third-order valence-corrected chi connectivity index (χ3v) is 5.09. The molecule has 0 saturated carbocycles. The number of rotatable bonds is 3. The number of nitrogens with one attached hydrogen (secondary N) is 1. The van der Waals surface area contributed by atoms with Crippen molar-refractivity contribution in [3.63, 3.8) is 0 Å². The van der Waals surface area contributed by atoms with Gasteiger partial charge in [-0.3, -0.25) is 5.32 Å². The van der Waals surface area contributed by atoms with Gasteiger partial charge in [-0.25, -0.2) is 19.2 Å². The second kappa shape index (κ2) is 8.08. The zero-order valence-electron chi connectivity index (χ0n) is 15.7. The number of anilines is 2. The Labute approximate surface area is 172 Å². The number of hydrogen-bond donors (Lipinski definition) is 1. The summed E-state index contributed by atoms with van der Waals surface area (Å²) in [4.78, 5) is 25.2. The van der Waals surface area contributed by atoms with E-state index >= 15 is 0 Å². The lowest BCUT2D eigenvalue weighted by Gasteiger charge is -2.36. The van der Waals surface area contributed by atoms with Crippen molar-refractivity contribution in [1.29, 1.82) is 0 Å². The molecule has 0 radical (unpaired) electrons. The Hall–Kier alpha value is -3.13. The summed E-state index contributed by atoms with van der Waals surface area (Å²) in [5.74, 6) is -0.0849. The summed E-state index contributed by atoms with van der Waals surface area (Å²) in [6.45, 7) is 2.39. The largest absolute Gasteiger partial charge is 0.478 e. The first-order valence-electron chi connectivity index (χ1n) is 9.12. The van der Waals surface area contributed by atoms with Gasteiger partial charge in [-0.2, -0.15) is 0 Å². The first-order valence-corrected chi connectivity index (χ1v) is 9.49. The highest BCUT2D eigenvalue weighted by Gasteiger charge is 2.24. The monoisotopic (exact) mass is 415 g/mol. The van der Waals surface area contributed by atoms with E-state index in [-0.39, 0.29) is 17.7 Å². The number of amides is 2. The van der Waals surface area contributed by atoms with E-state index in [0.717, 1.165) is 5.69 Å². The molecule has 2 heterocycles. The molecule has 4 rings (SSSR count). The van der Waals surface area contributed by atoms with Crippen LogP contribution in [0.4, 0.5) is 20.7 Å². The molecule has 1 fully saturated rings. The number of para-hydroxylation sites is 1. The number of halogens is 2. The predicted octanol–water partition coefficient (Wildman–Crippen LogP) is 3.79. The molecule has 0 bridgehead atoms. The lowest BCUT2D eigenvalue weighted by atomic mass is 10.2. The van der Waals surface area contributed by atoms with E-state index in [0.29, 0.717) is 42.2 Å². The molecule has 2 aromatic carbocycles. The summed E-state index contributed by atoms with van der Waals surface area (Å²) in [6.07, 6.45) is 0. The maximum atomic E-state index is 13.4. The summed E-state index contributed by atoms with van der Waals surface area (Å²) in [5.41, 5.74) is 1.78. The molecule has 9 heteroatoms. The van der Waals surface area contributed by atoms with Crippen LogP contribution in [0, 0.1) is 5.82 Å². The molecule has 2 amide bonds. The van der Waals surface area contributed by atoms with Gasteiger partial charge in [0.05, 0.1) is 28.9 Å². The molecule has 0 unspecified atom stereocenters. The zero-order chi connectivity index (χ0) is 20.4. The Morgan fingerprint density at radius 2 is 1.86 bits per heavy atom. The molecule has 7 nitrogen and oxygen atoms in total. The number of ether oxygens (including phenoxy) is 1. The topological polar surface area (TPSA) is 70.6 Å². The lowest BCUT2D eigenvalue weighted by molar-refractivity contribution is 0.208. The number of carbonyl (C=O) groups is 1. The van der Waals surface area contributed by atoms with Crippen LogP contribution in [-0.2, 0) is 0 Å². The fourth-order valence-electron chi connectivity index (χ4n) is 3.27. The first-order chi connectivity index (χ1) is 14.0. The van der Waals surface area contributed by atoms with E-state index in [9.17, 15) is 9.18 Å². The van der Waals surface area contributed by atoms with Crippen molar-refractivity contribution in [3.8, 4) is 5.88 Å². The Balaban J connectivity index is 1.46. The molecule has 0 aliphatic carbocycles. The summed E-state index contributed by atoms with van der Waals surface area (Å²) in [7, 11) is 1.42. The third kappa shape index (κ3) is 4.02. The van der Waals surface area contributed by atoms with Crippen LogP contribution in [0.25, 0.3) is 11.0 Å². The second-order valence-corrected chi connectivity index (χ2v) is 6.98. The van der Waals surface area contributed by atoms with E-state index in [2.05, 4.69) is 20.2 Å². The minimum absolute atomic E-state index is 0.131. The van der Waals surface area contributed by atoms with Crippen molar-refractivity contribution in [1.82, 2.24) is 14.9 Å². The highest BCUT2D eigenvalue weighted by molar-refractivity contribution is 6.33. The number of carbonyl (C=O) groups excluding carboxylic acids is 1. The van der Waals surface area contributed by atoms with Crippen molar-refractivity contribution < 1.29 is 13.9 Å². The summed E-state index contributed by atoms with van der Waals surface area (Å²) in [6, 6.07) is 11.4. The van der Waals surface area contributed by atoms with Crippen LogP contribution in [0.1, 0.15) is 0 Å². The molecule has 1 N–H and O–H groups in total. The average Bonchev–Trinajstić information content (AvgIpc) is 2.74. The Kier molecular flexibility index (Phi) is 5.35. The van der Waals surface area contributed by atoms with Crippen LogP contribution in [0.5, 0.6) is 5.88 Å². The number of piperazine rings is 1. The maximum absolute atomic E-state index is 13.4. The molecule has 1 aliphatic heterocycles. The summed E-state index contributed by atoms with van der Waals surface area (Å²) in [5, 5.41) is 3.45. The van der Waals surface area contributed by atoms with Crippen molar-refractivity contribution in [2.45, 2.75) is 0 Å². The third-order valence-electron chi connectivity index (χ3n) is 4.77. The Bertz CT molecular complexity index is 1060. The summed E-state index contributed by atoms with van der Waals surface area (Å²) < 4.78 is 18.6. The van der Waals surface area contributed by atoms with Gasteiger partial charge in [0.25, 0.3) is 5.88 Å². The van der Waals surface area contributed by atoms with E-state index < -0.39 is 5.82 Å². The SMILES string of the molecule is COc1nc2cc(F)ccc2nc1NC(=O)N1CCN(c2ccccc2Cl)CC1. The van der Waals surface area contributed by atoms with E-state index in [4.69, 9.17) is 16.3 Å². The van der Waals surface area contributed by atoms with E-state index in [1.807, 2.05) is 24.3 Å². The molecule has 1 aromatic heterocycles. The molecule has 0 spiro atoms. The minimum atomic E-state index is -0.415. The average molecular weight is 416 g/mol. The molecule has 3 aromatic rings. The van der Waals surface area contributed by atoms with Crippen LogP contribution in [0.3, 0.4) is 0 Å². The Morgan fingerprint density at radius 3 is 2.59 bits per heavy atom. The maximum Gasteiger partial charge on any atom is 0.323 e. The number of urea groups is 1. The second-order valence-electron chi connectivity index (χ2n) is 6.57. The number of aromatic nitrogens is 2. The van der Waals surface area contributed by atoms with Crippen LogP contribution < -0.4 is 15.0 Å². The van der Waals surface area contributed by atoms with Crippen LogP contribution in [0.2, 0.25) is 5.02 Å². The molecule has 1 saturated heterocycles. The molecule has 29 heavy (non-hydrogen) atoms. The number of nitrogens with zero attached hydrogens (tertiary/aromatic N) is 4. The number of benzene rings is 2. The zero-order valence-corrected chi connectivity index (χ0v) is 16.5. The van der Waals surface area contributed by atoms with Crippen LogP contribution in [0.15, 0.2) is 42.5 Å². The van der Waals surface area contributed by atoms with Gasteiger partial charge in [-0.05, 0) is 24.3 Å². The van der Waals surface area contributed by atoms with Gasteiger partial charge in [0.15, 0.2) is 5.82 Å². The molecular formula is C20H19ClFN5O2. The lowest BCUT2D eigenvalue weighted by Crippen LogP contribution is -2.50. The minimum Gasteiger partial charge on any atom is -0.478 e. The van der Waals surface area contributed by atoms with Crippen molar-refractivity contribution >= 4 is 40.2 Å². The van der Waals surface area contributed by atoms with Crippen molar-refractivity contribution in [2.75, 3.05) is 43.5 Å². The normalized spacial score (nSPS) is 14.2. The van der Waals surface area contributed by atoms with Crippen molar-refractivity contribution in [3.05, 3.63) is 53.3 Å². The highest BCUT2D eigenvalue weighted by atomic mass is 35.5. The fraction of sp³-hybridized carbons (Fsp3) is 0.250. The highest BCUT2D eigenvalue weighted by Crippen LogP contribution is 2.27. The van der Waals surface area contributed by atoms with Gasteiger partial charge in [-0.15, -0.1) is 0 Å². The smallest absolute Gasteiger partial charge is 0.323 e. The number of methoxy groups -OCH3 is 1. The van der Waals surface area contributed by atoms with E-state index in [1.54, 1.807) is 4.90 Å². The number of hydrogen-bond acceptors (Lipinski definition) is 5. The standard InChI is InChI=1S/C20H19ClFN5O2/c1-29-19-18(23-15-7-6-13(22)12-16(15)24-19)25-20(28)27-10-8-26(9-11-27)17-5-3-2-4-14(17)21/h2-7,12H,8-11H2,1H3,(H,23,25,28). The van der Waals surface area contributed by atoms with E-state index in [1.165, 1.54) is 25.3 Å². The number of fused-ring (bicyclic) bond motifs is 1. The van der Waals surface area contributed by atoms with Gasteiger partial charge in [-0.1, -0.05) is 23.7 Å². The van der Waals surface area contributed by atoms with Gasteiger partial charge in [0, 0.05) is 32.2 Å². The Morgan fingerprint density at radius 1 is 1.10 bits per heavy atom. The molecule has 0 atom stereocenters. The predicted molar refractivity (Wildman–Crippen MR) is 110 cm³/mol. The molecular weight excluding hydrogens is 397 g/mol. The van der Waals surface area contributed by atoms with Crippen LogP contribution in [-0.4, -0.2) is 54.2 Å². The molecule has 150 valence electrons. The molecule has 1 aliphatic rings. The van der Waals surface area contributed by atoms with Gasteiger partial charge in [0.1, 0.15) is 5.82 Å². The summed E-state index contributed by atoms with van der Waals surface area (Å²) >= 11 is 6.27. The first kappa shape index (κ1) is 19.2. The quantitative estimate of drug-likeness (QED) is 0.704. The van der Waals surface area contributed by atoms with Gasteiger partial charge >= 0.3 is 6.03 Å². The fourth-order valence-corrected chi connectivity index (χ4v) is 3.53. The van der Waals surface area contributed by atoms with Crippen molar-refractivity contribution in [2.24, 2.45) is 0 Å². The van der Waals surface area contributed by atoms with Gasteiger partial charge < -0.3 is 14.5 Å².